The van der Waals surface area contributed by atoms with Crippen LogP contribution in [0.4, 0.5) is 4.39 Å². The molecule has 1 unspecified atom stereocenters. The largest absolute Gasteiger partial charge is 0.321 e. The first kappa shape index (κ1) is 13.2. The van der Waals surface area contributed by atoms with Crippen molar-refractivity contribution in [2.75, 3.05) is 6.54 Å². The number of piperazine rings is 1. The van der Waals surface area contributed by atoms with Gasteiger partial charge in [-0.3, -0.25) is 19.7 Å². The van der Waals surface area contributed by atoms with Crippen molar-refractivity contribution in [1.29, 1.82) is 0 Å². The molecular weight excluding hydrogens is 251 g/mol. The lowest BCUT2D eigenvalue weighted by atomic mass is 10.1. The molecule has 3 amide bonds. The zero-order valence-electron chi connectivity index (χ0n) is 10.4. The van der Waals surface area contributed by atoms with E-state index >= 15 is 0 Å². The summed E-state index contributed by atoms with van der Waals surface area (Å²) in [6.45, 7) is 1.40. The summed E-state index contributed by atoms with van der Waals surface area (Å²) in [4.78, 5) is 35.9. The summed E-state index contributed by atoms with van der Waals surface area (Å²) >= 11 is 0. The number of hydrogen-bond acceptors (Lipinski definition) is 3. The van der Waals surface area contributed by atoms with Gasteiger partial charge in [0.25, 0.3) is 0 Å². The van der Waals surface area contributed by atoms with Crippen molar-refractivity contribution < 1.29 is 18.8 Å². The van der Waals surface area contributed by atoms with Crippen molar-refractivity contribution in [2.45, 2.75) is 19.4 Å². The Balaban J connectivity index is 2.11. The van der Waals surface area contributed by atoms with E-state index < -0.39 is 23.7 Å². The first-order valence-corrected chi connectivity index (χ1v) is 5.85. The van der Waals surface area contributed by atoms with Crippen LogP contribution in [0.15, 0.2) is 24.3 Å². The first-order chi connectivity index (χ1) is 8.97. The van der Waals surface area contributed by atoms with Crippen molar-refractivity contribution in [2.24, 2.45) is 0 Å². The Kier molecular flexibility index (Phi) is 3.59. The van der Waals surface area contributed by atoms with Gasteiger partial charge in [0.2, 0.25) is 17.7 Å². The number of imide groups is 1. The highest BCUT2D eigenvalue weighted by Crippen LogP contribution is 2.10. The molecule has 0 aromatic heterocycles. The molecular formula is C13H13FN2O3. The molecule has 0 radical (unpaired) electrons. The molecule has 1 aromatic carbocycles. The Morgan fingerprint density at radius 2 is 2.21 bits per heavy atom. The lowest BCUT2D eigenvalue weighted by molar-refractivity contribution is -0.149. The molecule has 1 aliphatic rings. The molecule has 1 heterocycles. The molecule has 1 aromatic rings. The summed E-state index contributed by atoms with van der Waals surface area (Å²) < 4.78 is 13.0. The molecule has 1 fully saturated rings. The van der Waals surface area contributed by atoms with Gasteiger partial charge in [-0.1, -0.05) is 12.1 Å². The third-order valence-corrected chi connectivity index (χ3v) is 2.99. The Labute approximate surface area is 109 Å². The summed E-state index contributed by atoms with van der Waals surface area (Å²) in [5.41, 5.74) is 0.510. The van der Waals surface area contributed by atoms with Crippen molar-refractivity contribution in [3.63, 3.8) is 0 Å². The predicted octanol–water partition coefficient (Wildman–Crippen LogP) is 0.242. The maximum atomic E-state index is 13.0. The van der Waals surface area contributed by atoms with Crippen LogP contribution < -0.4 is 5.32 Å². The topological polar surface area (TPSA) is 66.5 Å². The zero-order chi connectivity index (χ0) is 14.0. The summed E-state index contributed by atoms with van der Waals surface area (Å²) in [6, 6.07) is 4.98. The predicted molar refractivity (Wildman–Crippen MR) is 64.4 cm³/mol. The molecule has 5 nitrogen and oxygen atoms in total. The minimum Gasteiger partial charge on any atom is -0.321 e. The molecule has 0 saturated carbocycles. The van der Waals surface area contributed by atoms with E-state index in [2.05, 4.69) is 5.32 Å². The summed E-state index contributed by atoms with van der Waals surface area (Å²) in [5.74, 6) is -1.80. The molecule has 100 valence electrons. The number of halogens is 1. The summed E-state index contributed by atoms with van der Waals surface area (Å²) in [6.07, 6.45) is -0.0390. The number of benzene rings is 1. The Morgan fingerprint density at radius 3 is 2.89 bits per heavy atom. The number of carbonyl (C=O) groups excluding carboxylic acids is 3. The number of amides is 3. The highest BCUT2D eigenvalue weighted by molar-refractivity contribution is 6.04. The SMILES string of the molecule is CC1C(=O)NC(=O)CN1C(=O)Cc1cccc(F)c1. The van der Waals surface area contributed by atoms with E-state index in [4.69, 9.17) is 0 Å². The molecule has 0 aliphatic carbocycles. The van der Waals surface area contributed by atoms with Gasteiger partial charge in [-0.15, -0.1) is 0 Å². The molecule has 1 saturated heterocycles. The Morgan fingerprint density at radius 1 is 1.47 bits per heavy atom. The lowest BCUT2D eigenvalue weighted by Gasteiger charge is -2.31. The van der Waals surface area contributed by atoms with Crippen molar-refractivity contribution in [3.05, 3.63) is 35.6 Å². The molecule has 1 N–H and O–H groups in total. The van der Waals surface area contributed by atoms with Crippen LogP contribution in [-0.4, -0.2) is 35.2 Å². The highest BCUT2D eigenvalue weighted by atomic mass is 19.1. The van der Waals surface area contributed by atoms with Gasteiger partial charge in [-0.2, -0.15) is 0 Å². The smallest absolute Gasteiger partial charge is 0.249 e. The van der Waals surface area contributed by atoms with Gasteiger partial charge in [0, 0.05) is 0 Å². The minimum atomic E-state index is -0.696. The van der Waals surface area contributed by atoms with E-state index in [0.717, 1.165) is 0 Å². The van der Waals surface area contributed by atoms with Gasteiger partial charge in [-0.05, 0) is 24.6 Å². The second kappa shape index (κ2) is 5.17. The van der Waals surface area contributed by atoms with Crippen LogP contribution in [0.5, 0.6) is 0 Å². The van der Waals surface area contributed by atoms with E-state index in [1.54, 1.807) is 13.0 Å². The molecule has 19 heavy (non-hydrogen) atoms. The average Bonchev–Trinajstić information content (AvgIpc) is 2.33. The van der Waals surface area contributed by atoms with Crippen molar-refractivity contribution >= 4 is 17.7 Å². The maximum Gasteiger partial charge on any atom is 0.249 e. The van der Waals surface area contributed by atoms with Crippen LogP contribution >= 0.6 is 0 Å². The second-order valence-electron chi connectivity index (χ2n) is 4.42. The average molecular weight is 264 g/mol. The third-order valence-electron chi connectivity index (χ3n) is 2.99. The molecule has 0 bridgehead atoms. The van der Waals surface area contributed by atoms with E-state index in [1.165, 1.54) is 23.1 Å². The van der Waals surface area contributed by atoms with Gasteiger partial charge in [-0.25, -0.2) is 4.39 Å². The maximum absolute atomic E-state index is 13.0. The van der Waals surface area contributed by atoms with Crippen LogP contribution in [0.1, 0.15) is 12.5 Å². The van der Waals surface area contributed by atoms with E-state index in [1.807, 2.05) is 0 Å². The highest BCUT2D eigenvalue weighted by Gasteiger charge is 2.33. The quantitative estimate of drug-likeness (QED) is 0.778. The minimum absolute atomic E-state index is 0.0390. The Bertz CT molecular complexity index is 544. The van der Waals surface area contributed by atoms with Crippen LogP contribution in [0, 0.1) is 5.82 Å². The molecule has 2 rings (SSSR count). The summed E-state index contributed by atoms with van der Waals surface area (Å²) in [7, 11) is 0. The van der Waals surface area contributed by atoms with Gasteiger partial charge >= 0.3 is 0 Å². The standard InChI is InChI=1S/C13H13FN2O3/c1-8-13(19)15-11(17)7-16(8)12(18)6-9-3-2-4-10(14)5-9/h2-5,8H,6-7H2,1H3,(H,15,17,19). The van der Waals surface area contributed by atoms with Crippen molar-refractivity contribution in [1.82, 2.24) is 10.2 Å². The molecule has 0 spiro atoms. The molecule has 1 aliphatic heterocycles. The van der Waals surface area contributed by atoms with Gasteiger partial charge in [0.05, 0.1) is 6.42 Å². The van der Waals surface area contributed by atoms with Crippen LogP contribution in [0.25, 0.3) is 0 Å². The van der Waals surface area contributed by atoms with Crippen molar-refractivity contribution in [3.8, 4) is 0 Å². The fourth-order valence-corrected chi connectivity index (χ4v) is 1.94. The number of rotatable bonds is 2. The first-order valence-electron chi connectivity index (χ1n) is 5.85. The van der Waals surface area contributed by atoms with Crippen LogP contribution in [0.2, 0.25) is 0 Å². The molecule has 6 heteroatoms. The fraction of sp³-hybridized carbons (Fsp3) is 0.308. The van der Waals surface area contributed by atoms with Crippen LogP contribution in [0.3, 0.4) is 0 Å². The van der Waals surface area contributed by atoms with Gasteiger partial charge in [0.1, 0.15) is 18.4 Å². The van der Waals surface area contributed by atoms with Gasteiger partial charge in [0.15, 0.2) is 0 Å². The third kappa shape index (κ3) is 2.96. The molecule has 1 atom stereocenters. The number of hydrogen-bond donors (Lipinski definition) is 1. The number of carbonyl (C=O) groups is 3. The van der Waals surface area contributed by atoms with E-state index in [-0.39, 0.29) is 18.9 Å². The lowest BCUT2D eigenvalue weighted by Crippen LogP contribution is -2.58. The monoisotopic (exact) mass is 264 g/mol. The normalized spacial score (nSPS) is 19.3. The van der Waals surface area contributed by atoms with Crippen LogP contribution in [-0.2, 0) is 20.8 Å². The number of nitrogens with zero attached hydrogens (tertiary/aromatic N) is 1. The van der Waals surface area contributed by atoms with Gasteiger partial charge < -0.3 is 4.90 Å². The second-order valence-corrected chi connectivity index (χ2v) is 4.42. The zero-order valence-corrected chi connectivity index (χ0v) is 10.4. The van der Waals surface area contributed by atoms with E-state index in [9.17, 15) is 18.8 Å². The number of nitrogens with one attached hydrogen (secondary N) is 1. The fourth-order valence-electron chi connectivity index (χ4n) is 1.94. The summed E-state index contributed by atoms with van der Waals surface area (Å²) in [5, 5.41) is 2.16. The Hall–Kier alpha value is -2.24. The van der Waals surface area contributed by atoms with E-state index in [0.29, 0.717) is 5.56 Å².